The van der Waals surface area contributed by atoms with Crippen molar-refractivity contribution in [3.05, 3.63) is 41.7 Å². The van der Waals surface area contributed by atoms with Crippen LogP contribution in [0.1, 0.15) is 57.8 Å². The summed E-state index contributed by atoms with van der Waals surface area (Å²) in [4.78, 5) is 15.6. The minimum absolute atomic E-state index is 0.0449. The molecule has 2 aromatic heterocycles. The van der Waals surface area contributed by atoms with Gasteiger partial charge in [-0.15, -0.1) is 0 Å². The van der Waals surface area contributed by atoms with E-state index in [0.29, 0.717) is 24.9 Å². The van der Waals surface area contributed by atoms with E-state index in [-0.39, 0.29) is 5.41 Å². The summed E-state index contributed by atoms with van der Waals surface area (Å²) in [6.07, 6.45) is 6.23. The lowest BCUT2D eigenvalue weighted by molar-refractivity contribution is 0.379. The number of hydrogen-bond donors (Lipinski definition) is 2. The highest BCUT2D eigenvalue weighted by Gasteiger charge is 2.19. The maximum Gasteiger partial charge on any atom is 0.213 e. The van der Waals surface area contributed by atoms with Crippen LogP contribution < -0.4 is 15.5 Å². The van der Waals surface area contributed by atoms with E-state index in [0.717, 1.165) is 36.1 Å². The van der Waals surface area contributed by atoms with Crippen molar-refractivity contribution >= 4 is 11.8 Å². The third-order valence-electron chi connectivity index (χ3n) is 5.30. The van der Waals surface area contributed by atoms with E-state index >= 15 is 0 Å². The van der Waals surface area contributed by atoms with Crippen molar-refractivity contribution in [3.8, 4) is 0 Å². The normalized spacial score (nSPS) is 16.2. The zero-order valence-electron chi connectivity index (χ0n) is 18.3. The largest absolute Gasteiger partial charge is 0.443 e. The maximum atomic E-state index is 5.81. The highest BCUT2D eigenvalue weighted by atomic mass is 16.4. The van der Waals surface area contributed by atoms with E-state index in [1.54, 1.807) is 13.2 Å². The first-order chi connectivity index (χ1) is 13.8. The molecule has 0 aromatic carbocycles. The van der Waals surface area contributed by atoms with E-state index in [1.165, 1.54) is 12.8 Å². The predicted molar refractivity (Wildman–Crippen MR) is 117 cm³/mol. The molecular weight excluding hydrogens is 364 g/mol. The van der Waals surface area contributed by atoms with Gasteiger partial charge >= 0.3 is 0 Å². The quantitative estimate of drug-likeness (QED) is 0.593. The fourth-order valence-electron chi connectivity index (χ4n) is 3.25. The van der Waals surface area contributed by atoms with E-state index in [1.807, 2.05) is 6.20 Å². The number of rotatable bonds is 5. The Hall–Kier alpha value is -2.57. The molecule has 2 N–H and O–H groups in total. The molecule has 1 aliphatic heterocycles. The number of hydrogen-bond acceptors (Lipinski definition) is 5. The standard InChI is InChI=1S/C22H34N6O/c1-16-8-10-28(11-9-16)19-7-6-17(12-24-19)13-26-21(23-5)27-15-20-25-14-18(29-20)22(2,3)4/h6-7,12,14,16H,8-11,13,15H2,1-5H3,(H2,23,26,27). The van der Waals surface area contributed by atoms with Gasteiger partial charge in [-0.1, -0.05) is 33.8 Å². The second-order valence-electron chi connectivity index (χ2n) is 8.84. The molecule has 158 valence electrons. The molecule has 1 saturated heterocycles. The Morgan fingerprint density at radius 1 is 1.14 bits per heavy atom. The van der Waals surface area contributed by atoms with Crippen LogP contribution in [0.15, 0.2) is 33.9 Å². The van der Waals surface area contributed by atoms with Crippen molar-refractivity contribution in [2.24, 2.45) is 10.9 Å². The Kier molecular flexibility index (Phi) is 6.77. The van der Waals surface area contributed by atoms with Crippen LogP contribution >= 0.6 is 0 Å². The lowest BCUT2D eigenvalue weighted by Crippen LogP contribution is -2.36. The molecule has 7 nitrogen and oxygen atoms in total. The summed E-state index contributed by atoms with van der Waals surface area (Å²) in [5.74, 6) is 4.13. The van der Waals surface area contributed by atoms with E-state index in [9.17, 15) is 0 Å². The van der Waals surface area contributed by atoms with Gasteiger partial charge in [-0.2, -0.15) is 0 Å². The van der Waals surface area contributed by atoms with Gasteiger partial charge in [-0.3, -0.25) is 4.99 Å². The first kappa shape index (κ1) is 21.1. The third-order valence-corrected chi connectivity index (χ3v) is 5.30. The molecule has 3 heterocycles. The molecule has 0 aliphatic carbocycles. The zero-order chi connectivity index (χ0) is 20.9. The van der Waals surface area contributed by atoms with E-state index < -0.39 is 0 Å². The number of nitrogens with zero attached hydrogens (tertiary/aromatic N) is 4. The highest BCUT2D eigenvalue weighted by molar-refractivity contribution is 5.79. The Morgan fingerprint density at radius 2 is 1.86 bits per heavy atom. The van der Waals surface area contributed by atoms with Crippen LogP contribution in [0.4, 0.5) is 5.82 Å². The summed E-state index contributed by atoms with van der Waals surface area (Å²) in [6.45, 7) is 12.0. The Morgan fingerprint density at radius 3 is 2.45 bits per heavy atom. The number of anilines is 1. The molecule has 1 aliphatic rings. The van der Waals surface area contributed by atoms with Gasteiger partial charge in [0.15, 0.2) is 5.96 Å². The Labute approximate surface area is 174 Å². The molecule has 2 aromatic rings. The van der Waals surface area contributed by atoms with Crippen LogP contribution in [0.25, 0.3) is 0 Å². The molecule has 0 radical (unpaired) electrons. The topological polar surface area (TPSA) is 78.6 Å². The van der Waals surface area contributed by atoms with Gasteiger partial charge in [-0.05, 0) is 30.4 Å². The summed E-state index contributed by atoms with van der Waals surface area (Å²) in [6, 6.07) is 4.24. The Balaban J connectivity index is 1.47. The van der Waals surface area contributed by atoms with Crippen molar-refractivity contribution in [3.63, 3.8) is 0 Å². The van der Waals surface area contributed by atoms with Crippen LogP contribution in [0, 0.1) is 5.92 Å². The molecule has 3 rings (SSSR count). The fourth-order valence-corrected chi connectivity index (χ4v) is 3.25. The van der Waals surface area contributed by atoms with Crippen molar-refractivity contribution < 1.29 is 4.42 Å². The highest BCUT2D eigenvalue weighted by Crippen LogP contribution is 2.23. The lowest BCUT2D eigenvalue weighted by atomic mass is 9.94. The number of pyridine rings is 1. The number of piperidine rings is 1. The van der Waals surface area contributed by atoms with Crippen molar-refractivity contribution in [1.29, 1.82) is 0 Å². The molecule has 0 atom stereocenters. The first-order valence-corrected chi connectivity index (χ1v) is 10.4. The number of guanidine groups is 1. The fraction of sp³-hybridized carbons (Fsp3) is 0.591. The van der Waals surface area contributed by atoms with Gasteiger partial charge in [0.05, 0.1) is 12.7 Å². The van der Waals surface area contributed by atoms with Gasteiger partial charge in [0.2, 0.25) is 5.89 Å². The molecule has 0 spiro atoms. The van der Waals surface area contributed by atoms with Crippen molar-refractivity contribution in [2.75, 3.05) is 25.0 Å². The van der Waals surface area contributed by atoms with E-state index in [2.05, 4.69) is 70.3 Å². The SMILES string of the molecule is CN=C(NCc1ccc(N2CCC(C)CC2)nc1)NCc1ncc(C(C)(C)C)o1. The summed E-state index contributed by atoms with van der Waals surface area (Å²) < 4.78 is 5.81. The van der Waals surface area contributed by atoms with Crippen LogP contribution in [0.2, 0.25) is 0 Å². The van der Waals surface area contributed by atoms with Gasteiger partial charge < -0.3 is 20.0 Å². The second-order valence-corrected chi connectivity index (χ2v) is 8.84. The molecule has 1 fully saturated rings. The second kappa shape index (κ2) is 9.29. The molecule has 7 heteroatoms. The van der Waals surface area contributed by atoms with Gasteiger partial charge in [0.1, 0.15) is 11.6 Å². The minimum Gasteiger partial charge on any atom is -0.443 e. The molecule has 0 saturated carbocycles. The van der Waals surface area contributed by atoms with E-state index in [4.69, 9.17) is 4.42 Å². The number of oxazole rings is 1. The summed E-state index contributed by atoms with van der Waals surface area (Å²) in [5.41, 5.74) is 1.07. The smallest absolute Gasteiger partial charge is 0.213 e. The summed E-state index contributed by atoms with van der Waals surface area (Å²) in [7, 11) is 1.75. The first-order valence-electron chi connectivity index (χ1n) is 10.4. The number of nitrogens with one attached hydrogen (secondary N) is 2. The molecule has 29 heavy (non-hydrogen) atoms. The lowest BCUT2D eigenvalue weighted by Gasteiger charge is -2.31. The zero-order valence-corrected chi connectivity index (χ0v) is 18.3. The average molecular weight is 399 g/mol. The predicted octanol–water partition coefficient (Wildman–Crippen LogP) is 3.47. The maximum absolute atomic E-state index is 5.81. The monoisotopic (exact) mass is 398 g/mol. The van der Waals surface area contributed by atoms with Crippen LogP contribution in [-0.2, 0) is 18.5 Å². The minimum atomic E-state index is -0.0449. The average Bonchev–Trinajstić information content (AvgIpc) is 3.19. The van der Waals surface area contributed by atoms with Crippen molar-refractivity contribution in [1.82, 2.24) is 20.6 Å². The van der Waals surface area contributed by atoms with Gasteiger partial charge in [0, 0.05) is 38.3 Å². The van der Waals surface area contributed by atoms with Crippen LogP contribution in [0.5, 0.6) is 0 Å². The number of aromatic nitrogens is 2. The van der Waals surface area contributed by atoms with Crippen LogP contribution in [0.3, 0.4) is 0 Å². The number of aliphatic imine (C=N–C) groups is 1. The van der Waals surface area contributed by atoms with Gasteiger partial charge in [0.25, 0.3) is 0 Å². The van der Waals surface area contributed by atoms with Crippen LogP contribution in [-0.4, -0.2) is 36.1 Å². The summed E-state index contributed by atoms with van der Waals surface area (Å²) in [5, 5.41) is 6.56. The molecule has 0 bridgehead atoms. The molecule has 0 unspecified atom stereocenters. The molecular formula is C22H34N6O. The van der Waals surface area contributed by atoms with Crippen molar-refractivity contribution in [2.45, 2.75) is 59.0 Å². The summed E-state index contributed by atoms with van der Waals surface area (Å²) >= 11 is 0. The van der Waals surface area contributed by atoms with Gasteiger partial charge in [-0.25, -0.2) is 9.97 Å². The molecule has 0 amide bonds. The Bertz CT molecular complexity index is 797. The third kappa shape index (κ3) is 5.95.